The molecule has 0 unspecified atom stereocenters. The number of hydrogen-bond acceptors (Lipinski definition) is 1. The van der Waals surface area contributed by atoms with Gasteiger partial charge in [0, 0.05) is 24.4 Å². The molecule has 0 atom stereocenters. The highest BCUT2D eigenvalue weighted by molar-refractivity contribution is 6.17. The monoisotopic (exact) mass is 280 g/mol. The van der Waals surface area contributed by atoms with Gasteiger partial charge in [-0.25, -0.2) is 9.37 Å². The van der Waals surface area contributed by atoms with Gasteiger partial charge in [0.05, 0.1) is 11.0 Å². The summed E-state index contributed by atoms with van der Waals surface area (Å²) < 4.78 is 15.9. The van der Waals surface area contributed by atoms with E-state index in [2.05, 4.69) is 16.5 Å². The first-order valence-electron chi connectivity index (χ1n) is 6.83. The van der Waals surface area contributed by atoms with E-state index in [0.29, 0.717) is 17.5 Å². The van der Waals surface area contributed by atoms with Gasteiger partial charge < -0.3 is 4.57 Å². The minimum Gasteiger partial charge on any atom is -0.325 e. The summed E-state index contributed by atoms with van der Waals surface area (Å²) in [6.45, 7) is 4.07. The lowest BCUT2D eigenvalue weighted by Crippen LogP contribution is -2.26. The van der Waals surface area contributed by atoms with E-state index in [1.165, 1.54) is 12.8 Å². The molecule has 0 radical (unpaired) electrons. The average molecular weight is 281 g/mol. The molecular formula is C15H18ClFN2. The number of benzene rings is 1. The predicted molar refractivity (Wildman–Crippen MR) is 76.3 cm³/mol. The van der Waals surface area contributed by atoms with Gasteiger partial charge in [-0.05, 0) is 37.3 Å². The topological polar surface area (TPSA) is 17.8 Å². The van der Waals surface area contributed by atoms with Crippen molar-refractivity contribution >= 4 is 22.6 Å². The van der Waals surface area contributed by atoms with Crippen LogP contribution in [0.2, 0.25) is 0 Å². The Kier molecular flexibility index (Phi) is 3.25. The van der Waals surface area contributed by atoms with Crippen LogP contribution in [-0.2, 0) is 6.42 Å². The van der Waals surface area contributed by atoms with Crippen LogP contribution in [0.25, 0.3) is 11.0 Å². The fourth-order valence-corrected chi connectivity index (χ4v) is 3.18. The van der Waals surface area contributed by atoms with Crippen molar-refractivity contribution in [3.63, 3.8) is 0 Å². The number of aromatic nitrogens is 2. The maximum absolute atomic E-state index is 13.7. The molecule has 3 rings (SSSR count). The first-order valence-corrected chi connectivity index (χ1v) is 7.36. The zero-order chi connectivity index (χ0) is 13.6. The molecule has 1 aromatic carbocycles. The largest absolute Gasteiger partial charge is 0.325 e. The molecule has 102 valence electrons. The molecule has 1 saturated carbocycles. The number of fused-ring (bicyclic) bond motifs is 1. The number of nitrogens with zero attached hydrogens (tertiary/aromatic N) is 2. The number of halogens is 2. The fraction of sp³-hybridized carbons (Fsp3) is 0.533. The van der Waals surface area contributed by atoms with Crippen molar-refractivity contribution in [2.75, 3.05) is 5.88 Å². The van der Waals surface area contributed by atoms with Crippen LogP contribution in [0.1, 0.15) is 37.2 Å². The van der Waals surface area contributed by atoms with Gasteiger partial charge >= 0.3 is 0 Å². The molecule has 1 aromatic heterocycles. The van der Waals surface area contributed by atoms with Crippen LogP contribution >= 0.6 is 11.6 Å². The molecule has 0 bridgehead atoms. The molecular weight excluding hydrogens is 263 g/mol. The second-order valence-electron chi connectivity index (χ2n) is 5.66. The third-order valence-corrected chi connectivity index (χ3v) is 4.26. The van der Waals surface area contributed by atoms with Crippen LogP contribution in [0.5, 0.6) is 0 Å². The SMILES string of the molecule is Cc1cc2c(cc1F)nc(CCCl)n2C1CC(C)C1. The van der Waals surface area contributed by atoms with E-state index in [9.17, 15) is 4.39 Å². The molecule has 2 aromatic rings. The minimum atomic E-state index is -0.184. The van der Waals surface area contributed by atoms with Crippen molar-refractivity contribution in [1.82, 2.24) is 9.55 Å². The maximum atomic E-state index is 13.7. The molecule has 0 amide bonds. The summed E-state index contributed by atoms with van der Waals surface area (Å²) >= 11 is 5.87. The lowest BCUT2D eigenvalue weighted by atomic mass is 9.81. The van der Waals surface area contributed by atoms with Crippen LogP contribution in [-0.4, -0.2) is 15.4 Å². The van der Waals surface area contributed by atoms with Crippen LogP contribution in [0, 0.1) is 18.7 Å². The Morgan fingerprint density at radius 2 is 2.16 bits per heavy atom. The zero-order valence-corrected chi connectivity index (χ0v) is 12.0. The van der Waals surface area contributed by atoms with E-state index in [4.69, 9.17) is 11.6 Å². The Labute approximate surface area is 117 Å². The Morgan fingerprint density at radius 3 is 2.79 bits per heavy atom. The fourth-order valence-electron chi connectivity index (χ4n) is 3.01. The first kappa shape index (κ1) is 12.9. The second kappa shape index (κ2) is 4.78. The van der Waals surface area contributed by atoms with Gasteiger partial charge in [0.25, 0.3) is 0 Å². The molecule has 1 fully saturated rings. The molecule has 0 N–H and O–H groups in total. The quantitative estimate of drug-likeness (QED) is 0.769. The van der Waals surface area contributed by atoms with E-state index in [0.717, 1.165) is 29.2 Å². The normalized spacial score (nSPS) is 22.7. The summed E-state index contributed by atoms with van der Waals surface area (Å²) in [7, 11) is 0. The van der Waals surface area contributed by atoms with E-state index in [-0.39, 0.29) is 5.82 Å². The zero-order valence-electron chi connectivity index (χ0n) is 11.3. The third-order valence-electron chi connectivity index (χ3n) is 4.08. The van der Waals surface area contributed by atoms with Crippen molar-refractivity contribution in [3.05, 3.63) is 29.3 Å². The van der Waals surface area contributed by atoms with Crippen molar-refractivity contribution in [1.29, 1.82) is 0 Å². The van der Waals surface area contributed by atoms with Crippen LogP contribution in [0.4, 0.5) is 4.39 Å². The third kappa shape index (κ3) is 2.14. The Bertz CT molecular complexity index is 614. The van der Waals surface area contributed by atoms with Gasteiger partial charge in [-0.3, -0.25) is 0 Å². The van der Waals surface area contributed by atoms with Gasteiger partial charge in [0.1, 0.15) is 11.6 Å². The lowest BCUT2D eigenvalue weighted by molar-refractivity contribution is 0.217. The summed E-state index contributed by atoms with van der Waals surface area (Å²) in [6, 6.07) is 3.96. The highest BCUT2D eigenvalue weighted by atomic mass is 35.5. The van der Waals surface area contributed by atoms with E-state index < -0.39 is 0 Å². The molecule has 1 aliphatic carbocycles. The maximum Gasteiger partial charge on any atom is 0.128 e. The van der Waals surface area contributed by atoms with Crippen molar-refractivity contribution in [3.8, 4) is 0 Å². The molecule has 1 aliphatic rings. The van der Waals surface area contributed by atoms with Crippen LogP contribution in [0.3, 0.4) is 0 Å². The molecule has 19 heavy (non-hydrogen) atoms. The second-order valence-corrected chi connectivity index (χ2v) is 6.04. The Hall–Kier alpha value is -1.09. The summed E-state index contributed by atoms with van der Waals surface area (Å²) in [6.07, 6.45) is 3.09. The van der Waals surface area contributed by atoms with Crippen LogP contribution in [0.15, 0.2) is 12.1 Å². The molecule has 1 heterocycles. The average Bonchev–Trinajstić information content (AvgIpc) is 2.64. The van der Waals surface area contributed by atoms with E-state index >= 15 is 0 Å². The van der Waals surface area contributed by atoms with Gasteiger partial charge in [-0.1, -0.05) is 6.92 Å². The standard InChI is InChI=1S/C15H18ClFN2/c1-9-5-11(6-9)19-14-7-10(2)12(17)8-13(14)18-15(19)3-4-16/h7-9,11H,3-6H2,1-2H3. The molecule has 0 saturated heterocycles. The van der Waals surface area contributed by atoms with E-state index in [1.807, 2.05) is 6.07 Å². The summed E-state index contributed by atoms with van der Waals surface area (Å²) in [5, 5.41) is 0. The van der Waals surface area contributed by atoms with Gasteiger partial charge in [0.2, 0.25) is 0 Å². The number of aryl methyl sites for hydroxylation is 2. The van der Waals surface area contributed by atoms with Gasteiger partial charge in [0.15, 0.2) is 0 Å². The Balaban J connectivity index is 2.14. The Morgan fingerprint density at radius 1 is 1.42 bits per heavy atom. The van der Waals surface area contributed by atoms with Gasteiger partial charge in [-0.2, -0.15) is 0 Å². The van der Waals surface area contributed by atoms with Crippen molar-refractivity contribution in [2.24, 2.45) is 5.92 Å². The lowest BCUT2D eigenvalue weighted by Gasteiger charge is -2.35. The van der Waals surface area contributed by atoms with Crippen LogP contribution < -0.4 is 0 Å². The summed E-state index contributed by atoms with van der Waals surface area (Å²) in [5.41, 5.74) is 2.48. The minimum absolute atomic E-state index is 0.184. The molecule has 0 aliphatic heterocycles. The van der Waals surface area contributed by atoms with E-state index in [1.54, 1.807) is 13.0 Å². The van der Waals surface area contributed by atoms with Crippen molar-refractivity contribution in [2.45, 2.75) is 39.2 Å². The molecule has 0 spiro atoms. The number of hydrogen-bond donors (Lipinski definition) is 0. The molecule has 4 heteroatoms. The van der Waals surface area contributed by atoms with Gasteiger partial charge in [-0.15, -0.1) is 11.6 Å². The van der Waals surface area contributed by atoms with Crippen molar-refractivity contribution < 1.29 is 4.39 Å². The highest BCUT2D eigenvalue weighted by Gasteiger charge is 2.30. The number of rotatable bonds is 3. The summed E-state index contributed by atoms with van der Waals surface area (Å²) in [5.74, 6) is 2.13. The number of imidazole rings is 1. The summed E-state index contributed by atoms with van der Waals surface area (Å²) in [4.78, 5) is 4.57. The first-order chi connectivity index (χ1) is 9.10. The predicted octanol–water partition coefficient (Wildman–Crippen LogP) is 4.24. The number of alkyl halides is 1. The molecule has 2 nitrogen and oxygen atoms in total. The smallest absolute Gasteiger partial charge is 0.128 e. The highest BCUT2D eigenvalue weighted by Crippen LogP contribution is 2.40.